The smallest absolute Gasteiger partial charge is 0.257 e. The fourth-order valence-electron chi connectivity index (χ4n) is 4.49. The average molecular weight is 389 g/mol. The molecule has 1 amide bonds. The minimum atomic E-state index is -0.219. The molecule has 6 heteroatoms. The second-order valence-corrected chi connectivity index (χ2v) is 8.87. The number of likely N-dealkylation sites (tertiary alicyclic amines) is 1. The van der Waals surface area contributed by atoms with Gasteiger partial charge >= 0.3 is 0 Å². The molecule has 0 radical (unpaired) electrons. The van der Waals surface area contributed by atoms with Crippen LogP contribution in [0.25, 0.3) is 0 Å². The van der Waals surface area contributed by atoms with Gasteiger partial charge in [0.2, 0.25) is 0 Å². The second-order valence-electron chi connectivity index (χ2n) is 8.87. The maximum absolute atomic E-state index is 12.3. The van der Waals surface area contributed by atoms with Gasteiger partial charge in [-0.2, -0.15) is 0 Å². The highest BCUT2D eigenvalue weighted by Gasteiger charge is 2.32. The zero-order valence-electron chi connectivity index (χ0n) is 17.0. The van der Waals surface area contributed by atoms with Crippen LogP contribution in [0, 0.1) is 5.92 Å². The van der Waals surface area contributed by atoms with E-state index in [1.807, 2.05) is 12.1 Å². The maximum Gasteiger partial charge on any atom is 0.257 e. The van der Waals surface area contributed by atoms with Crippen LogP contribution in [0.2, 0.25) is 0 Å². The fourth-order valence-corrected chi connectivity index (χ4v) is 4.49. The Labute approximate surface area is 167 Å². The third-order valence-electron chi connectivity index (χ3n) is 6.07. The van der Waals surface area contributed by atoms with Crippen LogP contribution in [0.15, 0.2) is 18.2 Å². The van der Waals surface area contributed by atoms with Crippen molar-refractivity contribution in [2.75, 3.05) is 39.5 Å². The van der Waals surface area contributed by atoms with E-state index >= 15 is 0 Å². The highest BCUT2D eigenvalue weighted by Crippen LogP contribution is 2.41. The number of para-hydroxylation sites is 1. The number of carbonyl (C=O) groups is 1. The molecule has 1 N–H and O–H groups in total. The van der Waals surface area contributed by atoms with Crippen molar-refractivity contribution in [1.29, 1.82) is 0 Å². The van der Waals surface area contributed by atoms with Crippen molar-refractivity contribution < 1.29 is 19.0 Å². The number of hydrogen-bond donors (Lipinski definition) is 1. The first-order chi connectivity index (χ1) is 13.5. The molecule has 6 nitrogen and oxygen atoms in total. The van der Waals surface area contributed by atoms with E-state index in [4.69, 9.17) is 14.2 Å². The van der Waals surface area contributed by atoms with Gasteiger partial charge < -0.3 is 19.5 Å². The quantitative estimate of drug-likeness (QED) is 0.811. The summed E-state index contributed by atoms with van der Waals surface area (Å²) >= 11 is 0. The molecule has 4 rings (SSSR count). The van der Waals surface area contributed by atoms with Crippen molar-refractivity contribution in [3.63, 3.8) is 0 Å². The van der Waals surface area contributed by atoms with Gasteiger partial charge in [-0.25, -0.2) is 0 Å². The third-order valence-corrected chi connectivity index (χ3v) is 6.07. The maximum atomic E-state index is 12.3. The molecule has 0 aromatic heterocycles. The standard InChI is InChI=1S/C22H32N2O4/c1-22(2)12-17-4-3-5-19(21(17)28-22)27-15-20(25)23-13-16-6-9-24(10-7-16)18-8-11-26-14-18/h3-5,16,18H,6-15H2,1-2H3,(H,23,25)/t18-/m0/s1. The van der Waals surface area contributed by atoms with Crippen molar-refractivity contribution in [3.05, 3.63) is 23.8 Å². The van der Waals surface area contributed by atoms with E-state index in [-0.39, 0.29) is 18.1 Å². The molecule has 1 atom stereocenters. The minimum Gasteiger partial charge on any atom is -0.483 e. The predicted molar refractivity (Wildman–Crippen MR) is 107 cm³/mol. The molecular formula is C22H32N2O4. The van der Waals surface area contributed by atoms with Gasteiger partial charge in [0.05, 0.1) is 6.61 Å². The van der Waals surface area contributed by atoms with Crippen LogP contribution in [0.4, 0.5) is 0 Å². The van der Waals surface area contributed by atoms with Crippen molar-refractivity contribution >= 4 is 5.91 Å². The number of hydrogen-bond acceptors (Lipinski definition) is 5. The molecule has 2 saturated heterocycles. The number of ether oxygens (including phenoxy) is 3. The lowest BCUT2D eigenvalue weighted by Gasteiger charge is -2.35. The topological polar surface area (TPSA) is 60.0 Å². The number of benzene rings is 1. The van der Waals surface area contributed by atoms with Gasteiger partial charge in [0.25, 0.3) is 5.91 Å². The monoisotopic (exact) mass is 388 g/mol. The van der Waals surface area contributed by atoms with E-state index in [1.54, 1.807) is 0 Å². The molecule has 154 valence electrons. The summed E-state index contributed by atoms with van der Waals surface area (Å²) in [5, 5.41) is 3.04. The predicted octanol–water partition coefficient (Wildman–Crippen LogP) is 2.40. The lowest BCUT2D eigenvalue weighted by atomic mass is 9.95. The van der Waals surface area contributed by atoms with E-state index in [0.29, 0.717) is 17.7 Å². The summed E-state index contributed by atoms with van der Waals surface area (Å²) in [5.74, 6) is 1.92. The van der Waals surface area contributed by atoms with Crippen molar-refractivity contribution in [3.8, 4) is 11.5 Å². The number of nitrogens with one attached hydrogen (secondary N) is 1. The summed E-state index contributed by atoms with van der Waals surface area (Å²) in [5.41, 5.74) is 0.922. The molecule has 0 unspecified atom stereocenters. The molecule has 2 fully saturated rings. The van der Waals surface area contributed by atoms with Crippen LogP contribution in [-0.4, -0.2) is 61.9 Å². The Kier molecular flexibility index (Phi) is 5.78. The van der Waals surface area contributed by atoms with Crippen LogP contribution in [0.5, 0.6) is 11.5 Å². The van der Waals surface area contributed by atoms with Crippen LogP contribution >= 0.6 is 0 Å². The summed E-state index contributed by atoms with van der Waals surface area (Å²) in [4.78, 5) is 14.8. The number of amides is 1. The Morgan fingerprint density at radius 1 is 1.29 bits per heavy atom. The van der Waals surface area contributed by atoms with Gasteiger partial charge in [-0.1, -0.05) is 12.1 Å². The molecule has 3 aliphatic rings. The van der Waals surface area contributed by atoms with Crippen LogP contribution < -0.4 is 14.8 Å². The summed E-state index contributed by atoms with van der Waals surface area (Å²) < 4.78 is 17.3. The highest BCUT2D eigenvalue weighted by atomic mass is 16.5. The van der Waals surface area contributed by atoms with Gasteiger partial charge in [-0.3, -0.25) is 9.69 Å². The largest absolute Gasteiger partial charge is 0.483 e. The normalized spacial score (nSPS) is 24.6. The molecule has 0 saturated carbocycles. The number of carbonyl (C=O) groups excluding carboxylic acids is 1. The molecule has 3 aliphatic heterocycles. The Balaban J connectivity index is 1.19. The third kappa shape index (κ3) is 4.61. The zero-order chi connectivity index (χ0) is 19.6. The second kappa shape index (κ2) is 8.29. The molecule has 0 bridgehead atoms. The molecular weight excluding hydrogens is 356 g/mol. The fraction of sp³-hybridized carbons (Fsp3) is 0.682. The first-order valence-electron chi connectivity index (χ1n) is 10.5. The van der Waals surface area contributed by atoms with E-state index < -0.39 is 0 Å². The van der Waals surface area contributed by atoms with Crippen LogP contribution in [0.1, 0.15) is 38.7 Å². The first kappa shape index (κ1) is 19.5. The van der Waals surface area contributed by atoms with Gasteiger partial charge in [0.1, 0.15) is 5.60 Å². The summed E-state index contributed by atoms with van der Waals surface area (Å²) in [7, 11) is 0. The molecule has 0 spiro atoms. The summed E-state index contributed by atoms with van der Waals surface area (Å²) in [6.45, 7) is 8.87. The molecule has 1 aromatic rings. The Morgan fingerprint density at radius 2 is 2.11 bits per heavy atom. The summed E-state index contributed by atoms with van der Waals surface area (Å²) in [6, 6.07) is 6.49. The Bertz CT molecular complexity index is 692. The number of fused-ring (bicyclic) bond motifs is 1. The lowest BCUT2D eigenvalue weighted by Crippen LogP contribution is -2.44. The average Bonchev–Trinajstić information content (AvgIpc) is 3.31. The molecule has 3 heterocycles. The highest BCUT2D eigenvalue weighted by molar-refractivity contribution is 5.77. The summed E-state index contributed by atoms with van der Waals surface area (Å²) in [6.07, 6.45) is 4.28. The molecule has 28 heavy (non-hydrogen) atoms. The van der Waals surface area contributed by atoms with Crippen molar-refractivity contribution in [1.82, 2.24) is 10.2 Å². The van der Waals surface area contributed by atoms with Crippen molar-refractivity contribution in [2.24, 2.45) is 5.92 Å². The van der Waals surface area contributed by atoms with Crippen LogP contribution in [0.3, 0.4) is 0 Å². The minimum absolute atomic E-state index is 0.0263. The number of piperidine rings is 1. The lowest BCUT2D eigenvalue weighted by molar-refractivity contribution is -0.123. The number of rotatable bonds is 6. The number of nitrogens with zero attached hydrogens (tertiary/aromatic N) is 1. The Morgan fingerprint density at radius 3 is 2.86 bits per heavy atom. The van der Waals surface area contributed by atoms with E-state index in [9.17, 15) is 4.79 Å². The first-order valence-corrected chi connectivity index (χ1v) is 10.5. The SMILES string of the molecule is CC1(C)Cc2cccc(OCC(=O)NCC3CCN([C@H]4CCOC4)CC3)c2O1. The van der Waals surface area contributed by atoms with Gasteiger partial charge in [0.15, 0.2) is 18.1 Å². The molecule has 0 aliphatic carbocycles. The Hall–Kier alpha value is -1.79. The zero-order valence-corrected chi connectivity index (χ0v) is 17.0. The van der Waals surface area contributed by atoms with Gasteiger partial charge in [-0.15, -0.1) is 0 Å². The van der Waals surface area contributed by atoms with Crippen molar-refractivity contribution in [2.45, 2.75) is 51.2 Å². The van der Waals surface area contributed by atoms with E-state index in [1.165, 1.54) is 0 Å². The van der Waals surface area contributed by atoms with Gasteiger partial charge in [0, 0.05) is 31.2 Å². The molecule has 1 aromatic carbocycles. The van der Waals surface area contributed by atoms with Gasteiger partial charge in [-0.05, 0) is 58.2 Å². The van der Waals surface area contributed by atoms with E-state index in [0.717, 1.165) is 69.8 Å². The van der Waals surface area contributed by atoms with Crippen LogP contribution in [-0.2, 0) is 16.0 Å². The van der Waals surface area contributed by atoms with E-state index in [2.05, 4.69) is 30.1 Å².